The van der Waals surface area contributed by atoms with Crippen LogP contribution in [0.1, 0.15) is 4.88 Å². The number of nitrogens with one attached hydrogen (secondary N) is 1. The number of aromatic nitrogens is 1. The number of halogens is 1. The van der Waals surface area contributed by atoms with Crippen molar-refractivity contribution in [1.29, 1.82) is 0 Å². The van der Waals surface area contributed by atoms with Crippen molar-refractivity contribution in [3.05, 3.63) is 45.1 Å². The highest BCUT2D eigenvalue weighted by Crippen LogP contribution is 2.36. The number of aromatic hydroxyl groups is 1. The molecular formula is C14H10BrN3O2S. The molecule has 3 aromatic rings. The molecule has 0 saturated carbocycles. The van der Waals surface area contributed by atoms with Crippen LogP contribution in [0.25, 0.3) is 10.9 Å². The van der Waals surface area contributed by atoms with Crippen molar-refractivity contribution in [2.45, 2.75) is 6.42 Å². The number of amides is 1. The van der Waals surface area contributed by atoms with Gasteiger partial charge in [0, 0.05) is 14.7 Å². The topological polar surface area (TPSA) is 77.8 Å². The summed E-state index contributed by atoms with van der Waals surface area (Å²) in [5.41, 5.74) is 1.00. The van der Waals surface area contributed by atoms with Gasteiger partial charge in [-0.05, 0) is 29.6 Å². The number of rotatable bonds is 3. The summed E-state index contributed by atoms with van der Waals surface area (Å²) < 4.78 is 0.857. The Hall–Kier alpha value is -1.99. The number of H-pyrrole nitrogens is 1. The van der Waals surface area contributed by atoms with Crippen molar-refractivity contribution in [3.63, 3.8) is 0 Å². The fraction of sp³-hybridized carbons (Fsp3) is 0.0714. The summed E-state index contributed by atoms with van der Waals surface area (Å²) in [6.45, 7) is 0. The Morgan fingerprint density at radius 1 is 1.38 bits per heavy atom. The molecule has 2 aromatic heterocycles. The third kappa shape index (κ3) is 3.03. The van der Waals surface area contributed by atoms with Crippen molar-refractivity contribution in [2.75, 3.05) is 0 Å². The van der Waals surface area contributed by atoms with Gasteiger partial charge in [0.05, 0.1) is 11.9 Å². The van der Waals surface area contributed by atoms with Crippen molar-refractivity contribution in [3.8, 4) is 5.88 Å². The molecule has 2 N–H and O–H groups in total. The molecule has 0 atom stereocenters. The molecule has 0 radical (unpaired) electrons. The van der Waals surface area contributed by atoms with Crippen LogP contribution in [0.3, 0.4) is 0 Å². The Morgan fingerprint density at radius 3 is 3.00 bits per heavy atom. The van der Waals surface area contributed by atoms with E-state index in [0.717, 1.165) is 14.9 Å². The smallest absolute Gasteiger partial charge is 0.269 e. The maximum atomic E-state index is 11.8. The van der Waals surface area contributed by atoms with Crippen LogP contribution >= 0.6 is 27.3 Å². The number of azo groups is 1. The van der Waals surface area contributed by atoms with E-state index in [-0.39, 0.29) is 23.9 Å². The fourth-order valence-electron chi connectivity index (χ4n) is 1.94. The highest BCUT2D eigenvalue weighted by atomic mass is 79.9. The first kappa shape index (κ1) is 14.0. The molecule has 0 unspecified atom stereocenters. The fourth-order valence-corrected chi connectivity index (χ4v) is 3.00. The second-order valence-corrected chi connectivity index (χ2v) is 6.31. The molecule has 0 aliphatic rings. The van der Waals surface area contributed by atoms with E-state index in [2.05, 4.69) is 31.1 Å². The second kappa shape index (κ2) is 5.79. The SMILES string of the molecule is O=C(Cc1cccs1)N=Nc1c(O)[nH]c2ccc(Br)cc12. The summed E-state index contributed by atoms with van der Waals surface area (Å²) in [7, 11) is 0. The number of hydrogen-bond acceptors (Lipinski definition) is 4. The monoisotopic (exact) mass is 363 g/mol. The van der Waals surface area contributed by atoms with Crippen LogP contribution in [0, 0.1) is 0 Å². The lowest BCUT2D eigenvalue weighted by atomic mass is 10.2. The molecule has 0 spiro atoms. The number of aromatic amines is 1. The molecule has 0 bridgehead atoms. The van der Waals surface area contributed by atoms with Gasteiger partial charge in [-0.25, -0.2) is 0 Å². The molecule has 0 saturated heterocycles. The van der Waals surface area contributed by atoms with Gasteiger partial charge in [0.1, 0.15) is 0 Å². The lowest BCUT2D eigenvalue weighted by molar-refractivity contribution is -0.117. The zero-order valence-corrected chi connectivity index (χ0v) is 13.1. The first-order valence-electron chi connectivity index (χ1n) is 6.10. The van der Waals surface area contributed by atoms with Crippen LogP contribution in [0.5, 0.6) is 5.88 Å². The molecule has 5 nitrogen and oxygen atoms in total. The standard InChI is InChI=1S/C14H10BrN3O2S/c15-8-3-4-11-10(6-8)13(14(20)16-11)18-17-12(19)7-9-2-1-5-21-9/h1-6,16,20H,7H2. The van der Waals surface area contributed by atoms with Crippen LogP contribution in [-0.4, -0.2) is 16.0 Å². The summed E-state index contributed by atoms with van der Waals surface area (Å²) in [5, 5.41) is 20.0. The van der Waals surface area contributed by atoms with Gasteiger partial charge < -0.3 is 10.1 Å². The van der Waals surface area contributed by atoms with E-state index in [1.54, 1.807) is 0 Å². The van der Waals surface area contributed by atoms with Crippen molar-refractivity contribution < 1.29 is 9.90 Å². The van der Waals surface area contributed by atoms with Crippen LogP contribution < -0.4 is 0 Å². The molecule has 2 heterocycles. The Labute approximate surface area is 132 Å². The first-order valence-corrected chi connectivity index (χ1v) is 7.78. The third-order valence-corrected chi connectivity index (χ3v) is 4.25. The van der Waals surface area contributed by atoms with Gasteiger partial charge >= 0.3 is 0 Å². The van der Waals surface area contributed by atoms with E-state index < -0.39 is 0 Å². The maximum absolute atomic E-state index is 11.8. The summed E-state index contributed by atoms with van der Waals surface area (Å²) in [6.07, 6.45) is 0.216. The van der Waals surface area contributed by atoms with E-state index in [9.17, 15) is 9.90 Å². The van der Waals surface area contributed by atoms with Gasteiger partial charge in [-0.2, -0.15) is 0 Å². The third-order valence-electron chi connectivity index (χ3n) is 2.88. The largest absolute Gasteiger partial charge is 0.493 e. The van der Waals surface area contributed by atoms with Crippen LogP contribution in [0.4, 0.5) is 5.69 Å². The Kier molecular flexibility index (Phi) is 3.85. The van der Waals surface area contributed by atoms with Gasteiger partial charge in [-0.15, -0.1) is 21.6 Å². The maximum Gasteiger partial charge on any atom is 0.269 e. The predicted octanol–water partition coefficient (Wildman–Crippen LogP) is 4.55. The molecule has 106 valence electrons. The van der Waals surface area contributed by atoms with Gasteiger partial charge in [0.25, 0.3) is 5.91 Å². The molecule has 7 heteroatoms. The average Bonchev–Trinajstić information content (AvgIpc) is 3.04. The summed E-state index contributed by atoms with van der Waals surface area (Å²) in [4.78, 5) is 15.5. The minimum absolute atomic E-state index is 0.101. The van der Waals surface area contributed by atoms with E-state index in [1.807, 2.05) is 35.7 Å². The van der Waals surface area contributed by atoms with E-state index in [4.69, 9.17) is 0 Å². The van der Waals surface area contributed by atoms with Crippen LogP contribution in [0.2, 0.25) is 0 Å². The molecule has 0 aliphatic heterocycles. The normalized spacial score (nSPS) is 11.5. The Morgan fingerprint density at radius 2 is 2.24 bits per heavy atom. The van der Waals surface area contributed by atoms with Crippen LogP contribution in [0.15, 0.2) is 50.4 Å². The number of carbonyl (C=O) groups excluding carboxylic acids is 1. The number of carbonyl (C=O) groups is 1. The lowest BCUT2D eigenvalue weighted by Crippen LogP contribution is -1.95. The molecule has 0 fully saturated rings. The molecule has 0 aliphatic carbocycles. The van der Waals surface area contributed by atoms with Crippen molar-refractivity contribution in [1.82, 2.24) is 4.98 Å². The molecule has 21 heavy (non-hydrogen) atoms. The zero-order chi connectivity index (χ0) is 14.8. The highest BCUT2D eigenvalue weighted by molar-refractivity contribution is 9.10. The first-order chi connectivity index (χ1) is 10.1. The quantitative estimate of drug-likeness (QED) is 0.669. The van der Waals surface area contributed by atoms with Gasteiger partial charge in [-0.1, -0.05) is 22.0 Å². The molecule has 3 rings (SSSR count). The van der Waals surface area contributed by atoms with Crippen molar-refractivity contribution >= 4 is 49.8 Å². The highest BCUT2D eigenvalue weighted by Gasteiger charge is 2.11. The van der Waals surface area contributed by atoms with Gasteiger partial charge in [0.15, 0.2) is 5.69 Å². The van der Waals surface area contributed by atoms with E-state index in [1.165, 1.54) is 11.3 Å². The summed E-state index contributed by atoms with van der Waals surface area (Å²) in [6, 6.07) is 9.22. The number of fused-ring (bicyclic) bond motifs is 1. The average molecular weight is 364 g/mol. The van der Waals surface area contributed by atoms with Gasteiger partial charge in [0.2, 0.25) is 5.88 Å². The van der Waals surface area contributed by atoms with Crippen molar-refractivity contribution in [2.24, 2.45) is 10.2 Å². The number of hydrogen-bond donors (Lipinski definition) is 2. The number of benzene rings is 1. The summed E-state index contributed by atoms with van der Waals surface area (Å²) >= 11 is 4.86. The van der Waals surface area contributed by atoms with Gasteiger partial charge in [-0.3, -0.25) is 4.79 Å². The molecule has 1 aromatic carbocycles. The summed E-state index contributed by atoms with van der Waals surface area (Å²) in [5.74, 6) is -0.447. The minimum Gasteiger partial charge on any atom is -0.493 e. The van der Waals surface area contributed by atoms with E-state index in [0.29, 0.717) is 5.39 Å². The lowest BCUT2D eigenvalue weighted by Gasteiger charge is -1.93. The Bertz CT molecular complexity index is 824. The van der Waals surface area contributed by atoms with Crippen LogP contribution in [-0.2, 0) is 11.2 Å². The van der Waals surface area contributed by atoms with E-state index >= 15 is 0 Å². The molecule has 1 amide bonds. The minimum atomic E-state index is -0.346. The number of thiophene rings is 1. The zero-order valence-electron chi connectivity index (χ0n) is 10.7. The predicted molar refractivity (Wildman–Crippen MR) is 85.2 cm³/mol. The number of nitrogens with zero attached hydrogens (tertiary/aromatic N) is 2. The molecular weight excluding hydrogens is 354 g/mol. The second-order valence-electron chi connectivity index (χ2n) is 4.36. The Balaban J connectivity index is 1.87.